The van der Waals surface area contributed by atoms with E-state index in [1.807, 2.05) is 13.1 Å². The van der Waals surface area contributed by atoms with Crippen molar-refractivity contribution in [1.29, 1.82) is 0 Å². The lowest BCUT2D eigenvalue weighted by Crippen LogP contribution is -2.37. The van der Waals surface area contributed by atoms with Crippen LogP contribution in [0.2, 0.25) is 0 Å². The average Bonchev–Trinajstić information content (AvgIpc) is 2.97. The predicted octanol–water partition coefficient (Wildman–Crippen LogP) is 3.17. The van der Waals surface area contributed by atoms with E-state index in [9.17, 15) is 0 Å². The van der Waals surface area contributed by atoms with Crippen LogP contribution in [0.25, 0.3) is 0 Å². The van der Waals surface area contributed by atoms with Crippen LogP contribution in [-0.4, -0.2) is 32.5 Å². The van der Waals surface area contributed by atoms with E-state index >= 15 is 0 Å². The van der Waals surface area contributed by atoms with E-state index < -0.39 is 0 Å². The summed E-state index contributed by atoms with van der Waals surface area (Å²) in [7, 11) is 2.00. The summed E-state index contributed by atoms with van der Waals surface area (Å²) in [6.45, 7) is 6.02. The third-order valence-corrected chi connectivity index (χ3v) is 3.95. The van der Waals surface area contributed by atoms with Crippen LogP contribution in [0.4, 0.5) is 0 Å². The SMILES string of the molecule is CNC(c1ccccc1)C(OCC1CCCO1)C(C)C. The van der Waals surface area contributed by atoms with Crippen molar-refractivity contribution in [1.82, 2.24) is 5.32 Å². The molecule has 1 fully saturated rings. The molecule has 0 spiro atoms. The largest absolute Gasteiger partial charge is 0.376 e. The predicted molar refractivity (Wildman–Crippen MR) is 81.8 cm³/mol. The van der Waals surface area contributed by atoms with Crippen molar-refractivity contribution in [3.05, 3.63) is 35.9 Å². The average molecular weight is 277 g/mol. The fourth-order valence-corrected chi connectivity index (χ4v) is 2.85. The highest BCUT2D eigenvalue weighted by Crippen LogP contribution is 2.25. The van der Waals surface area contributed by atoms with Crippen LogP contribution in [0, 0.1) is 5.92 Å². The fraction of sp³-hybridized carbons (Fsp3) is 0.647. The molecule has 3 heteroatoms. The summed E-state index contributed by atoms with van der Waals surface area (Å²) >= 11 is 0. The van der Waals surface area contributed by atoms with Gasteiger partial charge in [0.15, 0.2) is 0 Å². The van der Waals surface area contributed by atoms with E-state index in [1.54, 1.807) is 0 Å². The number of ether oxygens (including phenoxy) is 2. The van der Waals surface area contributed by atoms with E-state index in [0.717, 1.165) is 19.4 Å². The smallest absolute Gasteiger partial charge is 0.0809 e. The molecular weight excluding hydrogens is 250 g/mol. The molecule has 0 aliphatic carbocycles. The molecule has 3 unspecified atom stereocenters. The summed E-state index contributed by atoms with van der Waals surface area (Å²) in [4.78, 5) is 0. The van der Waals surface area contributed by atoms with Gasteiger partial charge in [-0.1, -0.05) is 44.2 Å². The Bertz CT molecular complexity index is 374. The van der Waals surface area contributed by atoms with E-state index in [2.05, 4.69) is 43.4 Å². The highest BCUT2D eigenvalue weighted by Gasteiger charge is 2.27. The van der Waals surface area contributed by atoms with Crippen molar-refractivity contribution < 1.29 is 9.47 Å². The van der Waals surface area contributed by atoms with Gasteiger partial charge in [-0.25, -0.2) is 0 Å². The molecule has 0 bridgehead atoms. The van der Waals surface area contributed by atoms with Crippen LogP contribution in [0.3, 0.4) is 0 Å². The Hall–Kier alpha value is -0.900. The van der Waals surface area contributed by atoms with Gasteiger partial charge >= 0.3 is 0 Å². The Kier molecular flexibility index (Phi) is 6.02. The van der Waals surface area contributed by atoms with E-state index in [4.69, 9.17) is 9.47 Å². The second-order valence-corrected chi connectivity index (χ2v) is 5.85. The number of benzene rings is 1. The van der Waals surface area contributed by atoms with Crippen molar-refractivity contribution in [2.75, 3.05) is 20.3 Å². The summed E-state index contributed by atoms with van der Waals surface area (Å²) in [5.74, 6) is 0.453. The van der Waals surface area contributed by atoms with Crippen LogP contribution < -0.4 is 5.32 Å². The monoisotopic (exact) mass is 277 g/mol. The maximum absolute atomic E-state index is 6.21. The zero-order chi connectivity index (χ0) is 14.4. The molecule has 1 heterocycles. The molecule has 0 radical (unpaired) electrons. The molecule has 1 aliphatic heterocycles. The summed E-state index contributed by atoms with van der Waals surface area (Å²) in [5.41, 5.74) is 1.28. The standard InChI is InChI=1S/C17H27NO2/c1-13(2)17(20-12-15-10-7-11-19-15)16(18-3)14-8-5-4-6-9-14/h4-6,8-9,13,15-18H,7,10-12H2,1-3H3. The highest BCUT2D eigenvalue weighted by molar-refractivity contribution is 5.20. The minimum Gasteiger partial charge on any atom is -0.376 e. The van der Waals surface area contributed by atoms with Gasteiger partial charge in [0, 0.05) is 6.61 Å². The van der Waals surface area contributed by atoms with Crippen molar-refractivity contribution in [2.24, 2.45) is 5.92 Å². The highest BCUT2D eigenvalue weighted by atomic mass is 16.5. The summed E-state index contributed by atoms with van der Waals surface area (Å²) in [5, 5.41) is 3.41. The zero-order valence-corrected chi connectivity index (χ0v) is 12.8. The second-order valence-electron chi connectivity index (χ2n) is 5.85. The van der Waals surface area contributed by atoms with Gasteiger partial charge in [0.1, 0.15) is 0 Å². The second kappa shape index (κ2) is 7.77. The lowest BCUT2D eigenvalue weighted by Gasteiger charge is -2.31. The molecule has 2 rings (SSSR count). The molecule has 1 aromatic carbocycles. The van der Waals surface area contributed by atoms with E-state index in [-0.39, 0.29) is 18.2 Å². The minimum atomic E-state index is 0.159. The van der Waals surface area contributed by atoms with Gasteiger partial charge < -0.3 is 14.8 Å². The van der Waals surface area contributed by atoms with Crippen molar-refractivity contribution in [3.63, 3.8) is 0 Å². The fourth-order valence-electron chi connectivity index (χ4n) is 2.85. The molecule has 3 atom stereocenters. The van der Waals surface area contributed by atoms with Crippen LogP contribution in [0.15, 0.2) is 30.3 Å². The van der Waals surface area contributed by atoms with E-state index in [0.29, 0.717) is 12.5 Å². The maximum Gasteiger partial charge on any atom is 0.0809 e. The molecule has 3 nitrogen and oxygen atoms in total. The lowest BCUT2D eigenvalue weighted by atomic mass is 9.93. The number of hydrogen-bond acceptors (Lipinski definition) is 3. The zero-order valence-electron chi connectivity index (χ0n) is 12.8. The molecule has 0 saturated carbocycles. The molecule has 1 aromatic rings. The first kappa shape index (κ1) is 15.5. The van der Waals surface area contributed by atoms with Gasteiger partial charge in [0.25, 0.3) is 0 Å². The summed E-state index contributed by atoms with van der Waals surface area (Å²) < 4.78 is 11.9. The van der Waals surface area contributed by atoms with E-state index in [1.165, 1.54) is 5.56 Å². The first-order valence-electron chi connectivity index (χ1n) is 7.67. The lowest BCUT2D eigenvalue weighted by molar-refractivity contribution is -0.0514. The first-order chi connectivity index (χ1) is 9.72. The summed E-state index contributed by atoms with van der Waals surface area (Å²) in [6.07, 6.45) is 2.73. The number of likely N-dealkylation sites (N-methyl/N-ethyl adjacent to an activating group) is 1. The molecule has 20 heavy (non-hydrogen) atoms. The topological polar surface area (TPSA) is 30.5 Å². The first-order valence-corrected chi connectivity index (χ1v) is 7.67. The normalized spacial score (nSPS) is 22.1. The molecule has 1 saturated heterocycles. The third-order valence-electron chi connectivity index (χ3n) is 3.95. The molecular formula is C17H27NO2. The molecule has 0 aromatic heterocycles. The Balaban J connectivity index is 2.01. The number of rotatable bonds is 7. The van der Waals surface area contributed by atoms with Crippen LogP contribution in [0.5, 0.6) is 0 Å². The Morgan fingerprint density at radius 3 is 2.60 bits per heavy atom. The van der Waals surface area contributed by atoms with Crippen LogP contribution in [0.1, 0.15) is 38.3 Å². The third kappa shape index (κ3) is 4.05. The van der Waals surface area contributed by atoms with Gasteiger partial charge in [0.05, 0.1) is 24.9 Å². The van der Waals surface area contributed by atoms with Gasteiger partial charge in [-0.3, -0.25) is 0 Å². The number of nitrogens with one attached hydrogen (secondary N) is 1. The maximum atomic E-state index is 6.21. The Morgan fingerprint density at radius 1 is 1.30 bits per heavy atom. The molecule has 112 valence electrons. The summed E-state index contributed by atoms with van der Waals surface area (Å²) in [6, 6.07) is 10.7. The van der Waals surface area contributed by atoms with Gasteiger partial charge in [-0.05, 0) is 31.4 Å². The van der Waals surface area contributed by atoms with Crippen LogP contribution in [-0.2, 0) is 9.47 Å². The van der Waals surface area contributed by atoms with Gasteiger partial charge in [-0.15, -0.1) is 0 Å². The number of hydrogen-bond donors (Lipinski definition) is 1. The molecule has 1 aliphatic rings. The van der Waals surface area contributed by atoms with Crippen molar-refractivity contribution in [2.45, 2.75) is 44.9 Å². The molecule has 0 amide bonds. The van der Waals surface area contributed by atoms with Gasteiger partial charge in [0.2, 0.25) is 0 Å². The Labute approximate surface area is 122 Å². The van der Waals surface area contributed by atoms with Crippen molar-refractivity contribution in [3.8, 4) is 0 Å². The van der Waals surface area contributed by atoms with Crippen molar-refractivity contribution >= 4 is 0 Å². The quantitative estimate of drug-likeness (QED) is 0.830. The Morgan fingerprint density at radius 2 is 2.05 bits per heavy atom. The van der Waals surface area contributed by atoms with Gasteiger partial charge in [-0.2, -0.15) is 0 Å². The van der Waals surface area contributed by atoms with Crippen LogP contribution >= 0.6 is 0 Å². The minimum absolute atomic E-state index is 0.159. The molecule has 1 N–H and O–H groups in total.